The molecule has 9 heteroatoms. The van der Waals surface area contributed by atoms with E-state index in [1.807, 2.05) is 4.90 Å². The van der Waals surface area contributed by atoms with Crippen LogP contribution < -0.4 is 16.1 Å². The van der Waals surface area contributed by atoms with Gasteiger partial charge in [-0.05, 0) is 50.6 Å². The molecule has 0 spiro atoms. The quantitative estimate of drug-likeness (QED) is 0.785. The second-order valence-corrected chi connectivity index (χ2v) is 7.49. The molecule has 3 heterocycles. The van der Waals surface area contributed by atoms with Gasteiger partial charge in [0.05, 0.1) is 5.39 Å². The highest BCUT2D eigenvalue weighted by Crippen LogP contribution is 2.37. The van der Waals surface area contributed by atoms with Crippen molar-refractivity contribution in [1.29, 1.82) is 0 Å². The highest BCUT2D eigenvalue weighted by atomic mass is 35.5. The van der Waals surface area contributed by atoms with Gasteiger partial charge >= 0.3 is 5.97 Å². The van der Waals surface area contributed by atoms with Gasteiger partial charge in [-0.25, -0.2) is 14.2 Å². The van der Waals surface area contributed by atoms with E-state index in [2.05, 4.69) is 4.98 Å². The van der Waals surface area contributed by atoms with E-state index >= 15 is 0 Å². The highest BCUT2D eigenvalue weighted by Gasteiger charge is 2.29. The van der Waals surface area contributed by atoms with Crippen molar-refractivity contribution in [2.24, 2.45) is 11.7 Å². The topological polar surface area (TPSA) is 101 Å². The van der Waals surface area contributed by atoms with Crippen LogP contribution >= 0.6 is 12.4 Å². The monoisotopic (exact) mass is 410 g/mol. The van der Waals surface area contributed by atoms with Crippen molar-refractivity contribution in [1.82, 2.24) is 9.55 Å². The first kappa shape index (κ1) is 20.5. The second-order valence-electron chi connectivity index (χ2n) is 7.49. The van der Waals surface area contributed by atoms with Crippen LogP contribution in [0.1, 0.15) is 48.5 Å². The summed E-state index contributed by atoms with van der Waals surface area (Å²) in [6, 6.07) is 1.27. The van der Waals surface area contributed by atoms with E-state index in [1.54, 1.807) is 4.57 Å². The first-order chi connectivity index (χ1) is 13.0. The molecule has 1 saturated heterocycles. The van der Waals surface area contributed by atoms with Crippen molar-refractivity contribution in [3.63, 3.8) is 0 Å². The molecule has 0 atom stereocenters. The maximum absolute atomic E-state index is 14.8. The molecule has 28 heavy (non-hydrogen) atoms. The van der Waals surface area contributed by atoms with E-state index in [1.165, 1.54) is 6.20 Å². The predicted molar refractivity (Wildman–Crippen MR) is 107 cm³/mol. The zero-order valence-electron chi connectivity index (χ0n) is 15.4. The Bertz CT molecular complexity index is 952. The number of anilines is 1. The molecular formula is C19H24ClFN4O3. The van der Waals surface area contributed by atoms with Gasteiger partial charge in [0.1, 0.15) is 11.2 Å². The Morgan fingerprint density at radius 1 is 1.29 bits per heavy atom. The number of halogens is 2. The normalized spacial score (nSPS) is 17.6. The largest absolute Gasteiger partial charge is 0.477 e. The molecule has 1 saturated carbocycles. The molecule has 4 rings (SSSR count). The lowest BCUT2D eigenvalue weighted by Crippen LogP contribution is -2.35. The number of pyridine rings is 2. The molecule has 2 aliphatic rings. The number of aromatic carboxylic acids is 1. The van der Waals surface area contributed by atoms with Crippen LogP contribution in [0.5, 0.6) is 0 Å². The fourth-order valence-electron chi connectivity index (χ4n) is 3.91. The summed E-state index contributed by atoms with van der Waals surface area (Å²) in [7, 11) is 0. The van der Waals surface area contributed by atoms with Crippen molar-refractivity contribution in [2.45, 2.75) is 38.1 Å². The van der Waals surface area contributed by atoms with Gasteiger partial charge in [-0.2, -0.15) is 0 Å². The summed E-state index contributed by atoms with van der Waals surface area (Å²) in [6.07, 6.45) is 5.99. The first-order valence-electron chi connectivity index (χ1n) is 9.43. The van der Waals surface area contributed by atoms with E-state index in [0.717, 1.165) is 38.2 Å². The molecule has 2 aromatic heterocycles. The number of hydrogen-bond acceptors (Lipinski definition) is 5. The number of fused-ring (bicyclic) bond motifs is 1. The maximum atomic E-state index is 14.8. The number of aromatic nitrogens is 2. The number of carboxylic acids is 1. The SMILES string of the molecule is Cl.NCCC1CCN(c2nc3c(cc2F)c(=O)c(C(=O)O)cn3C2CC2)CC1. The fraction of sp³-hybridized carbons (Fsp3) is 0.526. The van der Waals surface area contributed by atoms with E-state index in [9.17, 15) is 19.1 Å². The smallest absolute Gasteiger partial charge is 0.341 e. The Morgan fingerprint density at radius 2 is 1.96 bits per heavy atom. The molecule has 1 aliphatic heterocycles. The van der Waals surface area contributed by atoms with Gasteiger partial charge in [0.25, 0.3) is 0 Å². The van der Waals surface area contributed by atoms with Crippen molar-refractivity contribution in [2.75, 3.05) is 24.5 Å². The van der Waals surface area contributed by atoms with Gasteiger partial charge in [0.15, 0.2) is 11.6 Å². The van der Waals surface area contributed by atoms with Gasteiger partial charge in [-0.1, -0.05) is 0 Å². The van der Waals surface area contributed by atoms with Crippen LogP contribution in [-0.4, -0.2) is 40.3 Å². The Morgan fingerprint density at radius 3 is 2.54 bits per heavy atom. The van der Waals surface area contributed by atoms with E-state index in [-0.39, 0.29) is 35.2 Å². The van der Waals surface area contributed by atoms with Crippen molar-refractivity contribution in [3.05, 3.63) is 33.9 Å². The number of rotatable bonds is 5. The number of carboxylic acid groups (broad SMARTS) is 1. The van der Waals surface area contributed by atoms with Gasteiger partial charge < -0.3 is 20.3 Å². The van der Waals surface area contributed by atoms with Crippen LogP contribution in [0.2, 0.25) is 0 Å². The standard InChI is InChI=1S/C19H23FN4O3.ClH/c20-15-9-13-16(25)14(19(26)27)10-24(12-1-2-12)17(13)22-18(15)23-7-4-11(3-6-21)5-8-23;/h9-12H,1-8,21H2,(H,26,27);1H. The van der Waals surface area contributed by atoms with Crippen LogP contribution in [-0.2, 0) is 0 Å². The summed E-state index contributed by atoms with van der Waals surface area (Å²) in [5, 5.41) is 9.33. The number of hydrogen-bond donors (Lipinski definition) is 2. The molecular weight excluding hydrogens is 387 g/mol. The molecule has 7 nitrogen and oxygen atoms in total. The third-order valence-corrected chi connectivity index (χ3v) is 5.60. The highest BCUT2D eigenvalue weighted by molar-refractivity contribution is 5.92. The molecule has 0 bridgehead atoms. The van der Waals surface area contributed by atoms with Crippen LogP contribution in [0.3, 0.4) is 0 Å². The summed E-state index contributed by atoms with van der Waals surface area (Å²) in [6.45, 7) is 2.05. The molecule has 0 amide bonds. The molecule has 3 N–H and O–H groups in total. The summed E-state index contributed by atoms with van der Waals surface area (Å²) in [5.41, 5.74) is 4.97. The summed E-state index contributed by atoms with van der Waals surface area (Å²) in [4.78, 5) is 30.3. The van der Waals surface area contributed by atoms with Crippen molar-refractivity contribution >= 4 is 35.2 Å². The average Bonchev–Trinajstić information content (AvgIpc) is 3.48. The Labute approximate surface area is 167 Å². The number of piperidine rings is 1. The minimum Gasteiger partial charge on any atom is -0.477 e. The summed E-state index contributed by atoms with van der Waals surface area (Å²) >= 11 is 0. The van der Waals surface area contributed by atoms with E-state index < -0.39 is 17.2 Å². The van der Waals surface area contributed by atoms with Gasteiger partial charge in [-0.15, -0.1) is 12.4 Å². The second kappa shape index (κ2) is 8.05. The van der Waals surface area contributed by atoms with Crippen LogP contribution in [0.4, 0.5) is 10.2 Å². The number of carbonyl (C=O) groups is 1. The zero-order chi connectivity index (χ0) is 19.1. The minimum atomic E-state index is -1.30. The predicted octanol–water partition coefficient (Wildman–Crippen LogP) is 2.56. The number of nitrogens with two attached hydrogens (primary N) is 1. The van der Waals surface area contributed by atoms with Gasteiger partial charge in [-0.3, -0.25) is 4.79 Å². The molecule has 152 valence electrons. The summed E-state index contributed by atoms with van der Waals surface area (Å²) in [5.74, 6) is -1.09. The molecule has 2 aromatic rings. The molecule has 0 aromatic carbocycles. The lowest BCUT2D eigenvalue weighted by atomic mass is 9.93. The average molecular weight is 411 g/mol. The van der Waals surface area contributed by atoms with Gasteiger partial charge in [0, 0.05) is 25.3 Å². The molecule has 2 fully saturated rings. The molecule has 0 unspecified atom stereocenters. The Hall–Kier alpha value is -2.19. The Kier molecular flexibility index (Phi) is 5.90. The summed E-state index contributed by atoms with van der Waals surface area (Å²) < 4.78 is 16.5. The minimum absolute atomic E-state index is 0. The van der Waals surface area contributed by atoms with E-state index in [0.29, 0.717) is 31.2 Å². The maximum Gasteiger partial charge on any atom is 0.341 e. The van der Waals surface area contributed by atoms with Gasteiger partial charge in [0.2, 0.25) is 5.43 Å². The lowest BCUT2D eigenvalue weighted by Gasteiger charge is -2.33. The van der Waals surface area contributed by atoms with Crippen LogP contribution in [0.25, 0.3) is 11.0 Å². The van der Waals surface area contributed by atoms with E-state index in [4.69, 9.17) is 5.73 Å². The molecule has 0 radical (unpaired) electrons. The molecule has 1 aliphatic carbocycles. The lowest BCUT2D eigenvalue weighted by molar-refractivity contribution is 0.0695. The Balaban J connectivity index is 0.00000225. The third-order valence-electron chi connectivity index (χ3n) is 5.60. The third kappa shape index (κ3) is 3.71. The van der Waals surface area contributed by atoms with Crippen molar-refractivity contribution in [3.8, 4) is 0 Å². The fourth-order valence-corrected chi connectivity index (χ4v) is 3.91. The van der Waals surface area contributed by atoms with Crippen LogP contribution in [0.15, 0.2) is 17.1 Å². The first-order valence-corrected chi connectivity index (χ1v) is 9.43. The van der Waals surface area contributed by atoms with Crippen molar-refractivity contribution < 1.29 is 14.3 Å². The zero-order valence-corrected chi connectivity index (χ0v) is 16.3. The number of nitrogens with zero attached hydrogens (tertiary/aromatic N) is 3. The van der Waals surface area contributed by atoms with Crippen LogP contribution in [0, 0.1) is 11.7 Å².